The summed E-state index contributed by atoms with van der Waals surface area (Å²) in [6.07, 6.45) is 7.79. The van der Waals surface area contributed by atoms with Crippen molar-refractivity contribution in [1.82, 2.24) is 5.32 Å². The first-order chi connectivity index (χ1) is 8.50. The Labute approximate surface area is 112 Å². The Kier molecular flexibility index (Phi) is 6.69. The van der Waals surface area contributed by atoms with Crippen LogP contribution in [0.2, 0.25) is 0 Å². The molecule has 1 saturated carbocycles. The average molecular weight is 254 g/mol. The van der Waals surface area contributed by atoms with Crippen LogP contribution in [0.1, 0.15) is 65.7 Å². The van der Waals surface area contributed by atoms with Crippen LogP contribution in [0.4, 0.5) is 0 Å². The minimum Gasteiger partial charge on any atom is -0.353 e. The Balaban J connectivity index is 2.25. The Morgan fingerprint density at radius 2 is 1.89 bits per heavy atom. The van der Waals surface area contributed by atoms with Crippen LogP contribution in [-0.4, -0.2) is 18.0 Å². The molecule has 1 fully saturated rings. The van der Waals surface area contributed by atoms with Gasteiger partial charge in [-0.2, -0.15) is 0 Å². The van der Waals surface area contributed by atoms with Crippen LogP contribution in [0.3, 0.4) is 0 Å². The summed E-state index contributed by atoms with van der Waals surface area (Å²) < 4.78 is 0. The summed E-state index contributed by atoms with van der Waals surface area (Å²) in [6.45, 7) is 6.58. The zero-order valence-electron chi connectivity index (χ0n) is 12.2. The molecule has 0 heterocycles. The molecule has 1 rings (SSSR count). The van der Waals surface area contributed by atoms with Gasteiger partial charge < -0.3 is 11.1 Å². The fraction of sp³-hybridized carbons (Fsp3) is 0.933. The largest absolute Gasteiger partial charge is 0.353 e. The van der Waals surface area contributed by atoms with Crippen molar-refractivity contribution in [3.8, 4) is 0 Å². The van der Waals surface area contributed by atoms with Crippen LogP contribution >= 0.6 is 0 Å². The predicted octanol–water partition coefficient (Wildman–Crippen LogP) is 2.83. The highest BCUT2D eigenvalue weighted by Crippen LogP contribution is 2.23. The lowest BCUT2D eigenvalue weighted by Crippen LogP contribution is -2.46. The van der Waals surface area contributed by atoms with E-state index in [0.29, 0.717) is 0 Å². The Morgan fingerprint density at radius 1 is 1.22 bits per heavy atom. The molecule has 0 aromatic carbocycles. The minimum absolute atomic E-state index is 0.0475. The summed E-state index contributed by atoms with van der Waals surface area (Å²) >= 11 is 0. The van der Waals surface area contributed by atoms with Gasteiger partial charge in [-0.3, -0.25) is 4.79 Å². The lowest BCUT2D eigenvalue weighted by Gasteiger charge is -2.28. The number of hydrogen-bond donors (Lipinski definition) is 2. The third-order valence-corrected chi connectivity index (χ3v) is 3.96. The monoisotopic (exact) mass is 254 g/mol. The highest BCUT2D eigenvalue weighted by Gasteiger charge is 2.28. The Hall–Kier alpha value is -0.570. The lowest BCUT2D eigenvalue weighted by molar-refractivity contribution is -0.127. The molecule has 1 amide bonds. The number of nitrogens with one attached hydrogen (secondary N) is 1. The summed E-state index contributed by atoms with van der Waals surface area (Å²) in [5.74, 6) is 0.977. The van der Waals surface area contributed by atoms with E-state index in [1.54, 1.807) is 0 Å². The van der Waals surface area contributed by atoms with E-state index in [9.17, 15) is 4.79 Å². The number of hydrogen-bond acceptors (Lipinski definition) is 2. The lowest BCUT2D eigenvalue weighted by atomic mass is 9.84. The van der Waals surface area contributed by atoms with Gasteiger partial charge in [-0.1, -0.05) is 39.5 Å². The number of carbonyl (C=O) groups excluding carboxylic acids is 1. The molecule has 1 aliphatic carbocycles. The molecule has 3 heteroatoms. The van der Waals surface area contributed by atoms with E-state index in [-0.39, 0.29) is 23.9 Å². The molecule has 3 nitrogen and oxygen atoms in total. The van der Waals surface area contributed by atoms with Gasteiger partial charge in [0.05, 0.1) is 5.92 Å². The summed E-state index contributed by atoms with van der Waals surface area (Å²) in [5, 5.41) is 3.13. The van der Waals surface area contributed by atoms with Crippen molar-refractivity contribution in [3.63, 3.8) is 0 Å². The normalized spacial score (nSPS) is 26.1. The maximum Gasteiger partial charge on any atom is 0.224 e. The second-order valence-corrected chi connectivity index (χ2v) is 6.29. The van der Waals surface area contributed by atoms with E-state index in [2.05, 4.69) is 26.1 Å². The first-order valence-electron chi connectivity index (χ1n) is 7.56. The standard InChI is InChI=1S/C15H30N2O/c1-11(2)7-6-8-12(3)17-15(18)13-9-4-5-10-14(13)16/h11-14H,4-10,16H2,1-3H3,(H,17,18). The van der Waals surface area contributed by atoms with Gasteiger partial charge in [0.25, 0.3) is 0 Å². The number of rotatable bonds is 6. The molecule has 0 radical (unpaired) electrons. The zero-order chi connectivity index (χ0) is 13.5. The topological polar surface area (TPSA) is 55.1 Å². The molecule has 0 spiro atoms. The Morgan fingerprint density at radius 3 is 2.50 bits per heavy atom. The number of carbonyl (C=O) groups is 1. The quantitative estimate of drug-likeness (QED) is 0.766. The van der Waals surface area contributed by atoms with Gasteiger partial charge in [-0.25, -0.2) is 0 Å². The fourth-order valence-corrected chi connectivity index (χ4v) is 2.74. The molecule has 0 saturated heterocycles. The molecule has 3 atom stereocenters. The summed E-state index contributed by atoms with van der Waals surface area (Å²) in [7, 11) is 0. The van der Waals surface area contributed by atoms with Crippen LogP contribution < -0.4 is 11.1 Å². The van der Waals surface area contributed by atoms with Crippen LogP contribution in [0, 0.1) is 11.8 Å². The van der Waals surface area contributed by atoms with E-state index < -0.39 is 0 Å². The Bertz CT molecular complexity index is 253. The number of nitrogens with two attached hydrogens (primary N) is 1. The van der Waals surface area contributed by atoms with E-state index >= 15 is 0 Å². The molecule has 18 heavy (non-hydrogen) atoms. The van der Waals surface area contributed by atoms with Crippen LogP contribution in [-0.2, 0) is 4.79 Å². The third kappa shape index (κ3) is 5.38. The smallest absolute Gasteiger partial charge is 0.224 e. The van der Waals surface area contributed by atoms with E-state index in [0.717, 1.165) is 31.6 Å². The van der Waals surface area contributed by atoms with Gasteiger partial charge in [-0.15, -0.1) is 0 Å². The van der Waals surface area contributed by atoms with Crippen LogP contribution in [0.15, 0.2) is 0 Å². The van der Waals surface area contributed by atoms with Crippen LogP contribution in [0.5, 0.6) is 0 Å². The van der Waals surface area contributed by atoms with Gasteiger partial charge >= 0.3 is 0 Å². The van der Waals surface area contributed by atoms with E-state index in [1.165, 1.54) is 19.3 Å². The summed E-state index contributed by atoms with van der Waals surface area (Å²) in [6, 6.07) is 0.354. The summed E-state index contributed by atoms with van der Waals surface area (Å²) in [5.41, 5.74) is 6.03. The van der Waals surface area contributed by atoms with E-state index in [4.69, 9.17) is 5.73 Å². The average Bonchev–Trinajstić information content (AvgIpc) is 2.28. The molecular weight excluding hydrogens is 224 g/mol. The van der Waals surface area contributed by atoms with Crippen molar-refractivity contribution in [2.75, 3.05) is 0 Å². The first kappa shape index (κ1) is 15.5. The van der Waals surface area contributed by atoms with E-state index in [1.807, 2.05) is 0 Å². The maximum atomic E-state index is 12.1. The van der Waals surface area contributed by atoms with Gasteiger partial charge in [0, 0.05) is 12.1 Å². The molecule has 1 aliphatic rings. The zero-order valence-corrected chi connectivity index (χ0v) is 12.2. The van der Waals surface area contributed by atoms with Gasteiger partial charge in [0.2, 0.25) is 5.91 Å². The molecule has 0 aliphatic heterocycles. The molecular formula is C15H30N2O. The van der Waals surface area contributed by atoms with Crippen molar-refractivity contribution in [2.45, 2.75) is 77.8 Å². The predicted molar refractivity (Wildman–Crippen MR) is 76.2 cm³/mol. The molecule has 0 bridgehead atoms. The molecule has 106 valence electrons. The van der Waals surface area contributed by atoms with Gasteiger partial charge in [0.1, 0.15) is 0 Å². The second-order valence-electron chi connectivity index (χ2n) is 6.29. The SMILES string of the molecule is CC(C)CCCC(C)NC(=O)C1CCCCC1N. The molecule has 3 N–H and O–H groups in total. The van der Waals surface area contributed by atoms with Crippen molar-refractivity contribution in [3.05, 3.63) is 0 Å². The third-order valence-electron chi connectivity index (χ3n) is 3.96. The second kappa shape index (κ2) is 7.78. The van der Waals surface area contributed by atoms with Gasteiger partial charge in [-0.05, 0) is 32.1 Å². The van der Waals surface area contributed by atoms with Gasteiger partial charge in [0.15, 0.2) is 0 Å². The highest BCUT2D eigenvalue weighted by atomic mass is 16.2. The first-order valence-corrected chi connectivity index (χ1v) is 7.56. The van der Waals surface area contributed by atoms with Crippen molar-refractivity contribution in [2.24, 2.45) is 17.6 Å². The highest BCUT2D eigenvalue weighted by molar-refractivity contribution is 5.79. The van der Waals surface area contributed by atoms with Crippen molar-refractivity contribution in [1.29, 1.82) is 0 Å². The molecule has 0 aromatic rings. The molecule has 3 unspecified atom stereocenters. The van der Waals surface area contributed by atoms with Crippen LogP contribution in [0.25, 0.3) is 0 Å². The van der Waals surface area contributed by atoms with Crippen molar-refractivity contribution >= 4 is 5.91 Å². The maximum absolute atomic E-state index is 12.1. The minimum atomic E-state index is 0.0475. The fourth-order valence-electron chi connectivity index (χ4n) is 2.74. The molecule has 0 aromatic heterocycles. The number of amides is 1. The summed E-state index contributed by atoms with van der Waals surface area (Å²) in [4.78, 5) is 12.1. The van der Waals surface area contributed by atoms with Crippen molar-refractivity contribution < 1.29 is 4.79 Å².